The van der Waals surface area contributed by atoms with Gasteiger partial charge in [0.25, 0.3) is 0 Å². The Morgan fingerprint density at radius 2 is 2.16 bits per heavy atom. The second-order valence-corrected chi connectivity index (χ2v) is 4.81. The number of benzene rings is 1. The molecule has 0 radical (unpaired) electrons. The molecule has 0 bridgehead atoms. The largest absolute Gasteiger partial charge is 0.452 e. The van der Waals surface area contributed by atoms with Gasteiger partial charge in [-0.3, -0.25) is 0 Å². The summed E-state index contributed by atoms with van der Waals surface area (Å²) in [5, 5.41) is 0. The molecule has 4 heteroatoms. The number of carbonyl (C=O) groups is 1. The third-order valence-corrected chi connectivity index (χ3v) is 3.38. The summed E-state index contributed by atoms with van der Waals surface area (Å²) in [6.45, 7) is 4.27. The van der Waals surface area contributed by atoms with Crippen LogP contribution in [0.2, 0.25) is 0 Å². The Morgan fingerprint density at radius 1 is 1.42 bits per heavy atom. The number of nitrogens with zero attached hydrogens (tertiary/aromatic N) is 2. The Kier molecular flexibility index (Phi) is 4.20. The smallest absolute Gasteiger partial charge is 0.419 e. The molecule has 0 N–H and O–H groups in total. The van der Waals surface area contributed by atoms with Crippen molar-refractivity contribution in [3.05, 3.63) is 30.1 Å². The molecule has 0 fully saturated rings. The molecule has 0 aliphatic rings. The van der Waals surface area contributed by atoms with Gasteiger partial charge in [-0.05, 0) is 18.6 Å². The monoisotopic (exact) mass is 260 g/mol. The second-order valence-electron chi connectivity index (χ2n) is 4.81. The van der Waals surface area contributed by atoms with Crippen LogP contribution in [0.4, 0.5) is 4.79 Å². The van der Waals surface area contributed by atoms with Gasteiger partial charge in [-0.2, -0.15) is 0 Å². The van der Waals surface area contributed by atoms with E-state index in [1.165, 1.54) is 7.11 Å². The molecule has 0 aliphatic heterocycles. The summed E-state index contributed by atoms with van der Waals surface area (Å²) >= 11 is 0. The Balaban J connectivity index is 2.49. The number of carbonyl (C=O) groups excluding carboxylic acids is 1. The van der Waals surface area contributed by atoms with E-state index in [1.54, 1.807) is 4.57 Å². The molecule has 19 heavy (non-hydrogen) atoms. The van der Waals surface area contributed by atoms with Crippen LogP contribution in [0.3, 0.4) is 0 Å². The van der Waals surface area contributed by atoms with E-state index in [9.17, 15) is 4.79 Å². The Bertz CT molecular complexity index is 575. The lowest BCUT2D eigenvalue weighted by molar-refractivity contribution is 0.172. The first-order valence-electron chi connectivity index (χ1n) is 6.74. The van der Waals surface area contributed by atoms with E-state index in [1.807, 2.05) is 24.3 Å². The number of hydrogen-bond donors (Lipinski definition) is 0. The first kappa shape index (κ1) is 13.6. The zero-order valence-corrected chi connectivity index (χ0v) is 11.7. The maximum absolute atomic E-state index is 12.0. The Hall–Kier alpha value is -1.84. The predicted molar refractivity (Wildman–Crippen MR) is 75.5 cm³/mol. The van der Waals surface area contributed by atoms with Crippen molar-refractivity contribution >= 4 is 17.1 Å². The van der Waals surface area contributed by atoms with Gasteiger partial charge < -0.3 is 4.74 Å². The van der Waals surface area contributed by atoms with Crippen molar-refractivity contribution in [1.29, 1.82) is 0 Å². The fraction of sp³-hybridized carbons (Fsp3) is 0.467. The summed E-state index contributed by atoms with van der Waals surface area (Å²) in [6, 6.07) is 7.65. The average molecular weight is 260 g/mol. The average Bonchev–Trinajstić information content (AvgIpc) is 2.83. The van der Waals surface area contributed by atoms with Crippen molar-refractivity contribution in [3.63, 3.8) is 0 Å². The number of rotatable bonds is 4. The Labute approximate surface area is 113 Å². The summed E-state index contributed by atoms with van der Waals surface area (Å²) in [6.07, 6.45) is 2.93. The van der Waals surface area contributed by atoms with Gasteiger partial charge in [0.2, 0.25) is 0 Å². The van der Waals surface area contributed by atoms with Crippen LogP contribution in [0, 0.1) is 0 Å². The molecule has 1 aromatic heterocycles. The standard InChI is InChI=1S/C15H20N2O2/c1-4-5-8-11(2)14-16-12-9-6-7-10-13(12)17(14)15(18)19-3/h6-7,9-11H,4-5,8H2,1-3H3. The fourth-order valence-electron chi connectivity index (χ4n) is 2.30. The van der Waals surface area contributed by atoms with Crippen LogP contribution in [0.5, 0.6) is 0 Å². The van der Waals surface area contributed by atoms with Crippen molar-refractivity contribution in [2.45, 2.75) is 39.0 Å². The molecule has 0 saturated carbocycles. The lowest BCUT2D eigenvalue weighted by Crippen LogP contribution is -2.16. The van der Waals surface area contributed by atoms with Gasteiger partial charge in [-0.1, -0.05) is 38.8 Å². The van der Waals surface area contributed by atoms with Gasteiger partial charge in [0.1, 0.15) is 5.82 Å². The van der Waals surface area contributed by atoms with E-state index < -0.39 is 0 Å². The number of unbranched alkanes of at least 4 members (excludes halogenated alkanes) is 1. The first-order chi connectivity index (χ1) is 9.19. The van der Waals surface area contributed by atoms with Crippen molar-refractivity contribution in [3.8, 4) is 0 Å². The van der Waals surface area contributed by atoms with Gasteiger partial charge in [-0.15, -0.1) is 0 Å². The molecular formula is C15H20N2O2. The molecule has 2 rings (SSSR count). The number of imidazole rings is 1. The van der Waals surface area contributed by atoms with Crippen LogP contribution in [0.15, 0.2) is 24.3 Å². The van der Waals surface area contributed by atoms with E-state index in [4.69, 9.17) is 4.74 Å². The van der Waals surface area contributed by atoms with Crippen molar-refractivity contribution in [2.24, 2.45) is 0 Å². The first-order valence-corrected chi connectivity index (χ1v) is 6.74. The third kappa shape index (κ3) is 2.62. The van der Waals surface area contributed by atoms with Crippen LogP contribution in [0.1, 0.15) is 44.9 Å². The van der Waals surface area contributed by atoms with E-state index in [-0.39, 0.29) is 12.0 Å². The van der Waals surface area contributed by atoms with Crippen LogP contribution >= 0.6 is 0 Å². The van der Waals surface area contributed by atoms with Gasteiger partial charge in [0.05, 0.1) is 18.1 Å². The predicted octanol–water partition coefficient (Wildman–Crippen LogP) is 3.94. The SMILES string of the molecule is CCCCC(C)c1nc2ccccc2n1C(=O)OC. The lowest BCUT2D eigenvalue weighted by Gasteiger charge is -2.12. The molecule has 1 unspecified atom stereocenters. The zero-order valence-electron chi connectivity index (χ0n) is 11.7. The maximum atomic E-state index is 12.0. The van der Waals surface area contributed by atoms with Crippen molar-refractivity contribution < 1.29 is 9.53 Å². The molecule has 0 saturated heterocycles. The molecule has 0 aliphatic carbocycles. The summed E-state index contributed by atoms with van der Waals surface area (Å²) in [7, 11) is 1.40. The number of ether oxygens (including phenoxy) is 1. The number of methoxy groups -OCH3 is 1. The number of aromatic nitrogens is 2. The normalized spacial score (nSPS) is 12.6. The Morgan fingerprint density at radius 3 is 2.84 bits per heavy atom. The molecule has 1 aromatic carbocycles. The van der Waals surface area contributed by atoms with Crippen LogP contribution < -0.4 is 0 Å². The third-order valence-electron chi connectivity index (χ3n) is 3.38. The van der Waals surface area contributed by atoms with Gasteiger partial charge in [-0.25, -0.2) is 14.3 Å². The molecule has 0 spiro atoms. The highest BCUT2D eigenvalue weighted by Gasteiger charge is 2.20. The van der Waals surface area contributed by atoms with Gasteiger partial charge in [0, 0.05) is 5.92 Å². The molecule has 1 atom stereocenters. The van der Waals surface area contributed by atoms with Crippen LogP contribution in [0.25, 0.3) is 11.0 Å². The zero-order chi connectivity index (χ0) is 13.8. The van der Waals surface area contributed by atoms with E-state index >= 15 is 0 Å². The molecule has 4 nitrogen and oxygen atoms in total. The fourth-order valence-corrected chi connectivity index (χ4v) is 2.30. The minimum absolute atomic E-state index is 0.242. The van der Waals surface area contributed by atoms with Gasteiger partial charge in [0.15, 0.2) is 0 Å². The highest BCUT2D eigenvalue weighted by atomic mass is 16.5. The van der Waals surface area contributed by atoms with E-state index in [0.717, 1.165) is 36.1 Å². The quantitative estimate of drug-likeness (QED) is 0.836. The van der Waals surface area contributed by atoms with Crippen LogP contribution in [-0.4, -0.2) is 22.8 Å². The molecule has 102 valence electrons. The van der Waals surface area contributed by atoms with Gasteiger partial charge >= 0.3 is 6.09 Å². The minimum atomic E-state index is -0.368. The lowest BCUT2D eigenvalue weighted by atomic mass is 10.0. The van der Waals surface area contributed by atoms with Crippen molar-refractivity contribution in [1.82, 2.24) is 9.55 Å². The van der Waals surface area contributed by atoms with E-state index in [2.05, 4.69) is 18.8 Å². The number of para-hydroxylation sites is 2. The summed E-state index contributed by atoms with van der Waals surface area (Å²) in [5.74, 6) is 1.04. The summed E-state index contributed by atoms with van der Waals surface area (Å²) < 4.78 is 6.47. The highest BCUT2D eigenvalue weighted by Crippen LogP contribution is 2.25. The number of hydrogen-bond acceptors (Lipinski definition) is 3. The summed E-state index contributed by atoms with van der Waals surface area (Å²) in [5.41, 5.74) is 1.65. The summed E-state index contributed by atoms with van der Waals surface area (Å²) in [4.78, 5) is 16.6. The molecule has 1 heterocycles. The number of fused-ring (bicyclic) bond motifs is 1. The molecular weight excluding hydrogens is 240 g/mol. The maximum Gasteiger partial charge on any atom is 0.419 e. The highest BCUT2D eigenvalue weighted by molar-refractivity contribution is 5.87. The molecule has 2 aromatic rings. The van der Waals surface area contributed by atoms with Crippen LogP contribution in [-0.2, 0) is 4.74 Å². The van der Waals surface area contributed by atoms with E-state index in [0.29, 0.717) is 0 Å². The topological polar surface area (TPSA) is 44.1 Å². The molecule has 0 amide bonds. The minimum Gasteiger partial charge on any atom is -0.452 e. The second kappa shape index (κ2) is 5.87. The van der Waals surface area contributed by atoms with Crippen molar-refractivity contribution in [2.75, 3.05) is 7.11 Å².